The van der Waals surface area contributed by atoms with E-state index in [0.717, 1.165) is 42.6 Å². The van der Waals surface area contributed by atoms with E-state index in [1.54, 1.807) is 0 Å². The van der Waals surface area contributed by atoms with Crippen molar-refractivity contribution in [3.05, 3.63) is 27.8 Å². The maximum atomic E-state index is 12.8. The largest absolute Gasteiger partial charge is 0.486 e. The summed E-state index contributed by atoms with van der Waals surface area (Å²) in [6, 6.07) is 1.94. The average Bonchev–Trinajstić information content (AvgIpc) is 3.01. The molecular weight excluding hydrogens is 374 g/mol. The highest BCUT2D eigenvalue weighted by Crippen LogP contribution is 2.65. The van der Waals surface area contributed by atoms with E-state index in [2.05, 4.69) is 33.0 Å². The summed E-state index contributed by atoms with van der Waals surface area (Å²) in [6.07, 6.45) is 4.33. The lowest BCUT2D eigenvalue weighted by molar-refractivity contribution is -0.208. The minimum Gasteiger partial charge on any atom is -0.486 e. The Morgan fingerprint density at radius 2 is 1.96 bits per heavy atom. The van der Waals surface area contributed by atoms with Crippen LogP contribution in [0.15, 0.2) is 6.07 Å². The van der Waals surface area contributed by atoms with E-state index < -0.39 is 0 Å². The molecule has 5 heteroatoms. The van der Waals surface area contributed by atoms with Crippen molar-refractivity contribution < 1.29 is 14.3 Å². The summed E-state index contributed by atoms with van der Waals surface area (Å²) in [5.41, 5.74) is 1.75. The number of carbonyl (C=O) groups excluding carboxylic acids is 2. The molecule has 2 aliphatic carbocycles. The van der Waals surface area contributed by atoms with E-state index in [1.165, 1.54) is 0 Å². The molecule has 1 aromatic carbocycles. The lowest BCUT2D eigenvalue weighted by Crippen LogP contribution is -2.69. The van der Waals surface area contributed by atoms with Crippen LogP contribution < -0.4 is 10.1 Å². The van der Waals surface area contributed by atoms with Gasteiger partial charge in [-0.05, 0) is 43.2 Å². The Balaban J connectivity index is 1.73. The zero-order chi connectivity index (χ0) is 20.1. The van der Waals surface area contributed by atoms with Crippen LogP contribution in [0, 0.1) is 22.7 Å². The van der Waals surface area contributed by atoms with Crippen molar-refractivity contribution >= 4 is 23.3 Å². The van der Waals surface area contributed by atoms with Crippen molar-refractivity contribution in [2.45, 2.75) is 71.9 Å². The van der Waals surface area contributed by atoms with Crippen LogP contribution >= 0.6 is 11.6 Å². The van der Waals surface area contributed by atoms with Crippen molar-refractivity contribution in [2.75, 3.05) is 0 Å². The van der Waals surface area contributed by atoms with E-state index in [9.17, 15) is 9.59 Å². The molecule has 2 aliphatic heterocycles. The van der Waals surface area contributed by atoms with Crippen LogP contribution in [0.25, 0.3) is 0 Å². The number of Topliss-reactive ketones (excluding diaryl/α,β-unsaturated/α-hetero) is 1. The molecular formula is C23H28ClNO3. The van der Waals surface area contributed by atoms with Crippen molar-refractivity contribution in [1.29, 1.82) is 0 Å². The molecule has 1 aromatic rings. The molecule has 4 atom stereocenters. The SMILES string of the molecule is C[C@H]1CC[C@H]2C(C)(C)C(=O)CC[C@]23Oc2c(cc(Cl)c4c2CNC4=O)C[C@]13C. The quantitative estimate of drug-likeness (QED) is 0.685. The fourth-order valence-corrected chi connectivity index (χ4v) is 7.15. The van der Waals surface area contributed by atoms with Gasteiger partial charge in [-0.3, -0.25) is 9.59 Å². The van der Waals surface area contributed by atoms with Crippen LogP contribution in [0.2, 0.25) is 5.02 Å². The van der Waals surface area contributed by atoms with Crippen molar-refractivity contribution in [3.8, 4) is 5.75 Å². The first-order valence-electron chi connectivity index (χ1n) is 10.5. The van der Waals surface area contributed by atoms with Crippen molar-refractivity contribution in [2.24, 2.45) is 22.7 Å². The number of carbonyl (C=O) groups is 2. The Kier molecular flexibility index (Phi) is 3.65. The number of ether oxygens (including phenoxy) is 1. The lowest BCUT2D eigenvalue weighted by atomic mass is 9.44. The minimum absolute atomic E-state index is 0.0610. The molecule has 0 radical (unpaired) electrons. The van der Waals surface area contributed by atoms with E-state index >= 15 is 0 Å². The molecule has 2 heterocycles. The van der Waals surface area contributed by atoms with Crippen molar-refractivity contribution in [3.63, 3.8) is 0 Å². The Bertz CT molecular complexity index is 923. The molecule has 2 fully saturated rings. The second-order valence-corrected chi connectivity index (χ2v) is 10.6. The molecule has 5 rings (SSSR count). The number of rotatable bonds is 0. The number of ketones is 1. The highest BCUT2D eigenvalue weighted by atomic mass is 35.5. The summed E-state index contributed by atoms with van der Waals surface area (Å²) in [5, 5.41) is 3.42. The predicted molar refractivity (Wildman–Crippen MR) is 108 cm³/mol. The minimum atomic E-state index is -0.388. The van der Waals surface area contributed by atoms with E-state index in [0.29, 0.717) is 35.3 Å². The van der Waals surface area contributed by atoms with Crippen LogP contribution in [-0.2, 0) is 17.8 Å². The van der Waals surface area contributed by atoms with Gasteiger partial charge in [-0.25, -0.2) is 0 Å². The first-order chi connectivity index (χ1) is 13.1. The summed E-state index contributed by atoms with van der Waals surface area (Å²) in [7, 11) is 0. The fourth-order valence-electron chi connectivity index (χ4n) is 6.81. The molecule has 1 amide bonds. The molecule has 0 saturated heterocycles. The van der Waals surface area contributed by atoms with Gasteiger partial charge in [0.1, 0.15) is 17.1 Å². The molecule has 1 N–H and O–H groups in total. The molecule has 28 heavy (non-hydrogen) atoms. The predicted octanol–water partition coefficient (Wildman–Crippen LogP) is 4.70. The molecule has 2 saturated carbocycles. The molecule has 150 valence electrons. The first kappa shape index (κ1) is 18.5. The second kappa shape index (κ2) is 5.53. The topological polar surface area (TPSA) is 55.4 Å². The number of halogens is 1. The van der Waals surface area contributed by atoms with Gasteiger partial charge in [-0.1, -0.05) is 39.3 Å². The molecule has 0 unspecified atom stereocenters. The Morgan fingerprint density at radius 3 is 2.71 bits per heavy atom. The Labute approximate surface area is 171 Å². The van der Waals surface area contributed by atoms with Gasteiger partial charge in [0.05, 0.1) is 10.6 Å². The molecule has 0 aromatic heterocycles. The highest BCUT2D eigenvalue weighted by molar-refractivity contribution is 6.34. The molecule has 0 bridgehead atoms. The van der Waals surface area contributed by atoms with Gasteiger partial charge in [-0.2, -0.15) is 0 Å². The third kappa shape index (κ3) is 2.03. The summed E-state index contributed by atoms with van der Waals surface area (Å²) < 4.78 is 7.03. The van der Waals surface area contributed by atoms with Crippen LogP contribution in [-0.4, -0.2) is 17.3 Å². The van der Waals surface area contributed by atoms with Crippen LogP contribution in [0.3, 0.4) is 0 Å². The number of nitrogens with one attached hydrogen (secondary N) is 1. The van der Waals surface area contributed by atoms with E-state index in [1.807, 2.05) is 6.07 Å². The van der Waals surface area contributed by atoms with Gasteiger partial charge in [-0.15, -0.1) is 0 Å². The summed E-state index contributed by atoms with van der Waals surface area (Å²) in [6.45, 7) is 9.35. The second-order valence-electron chi connectivity index (χ2n) is 10.1. The molecule has 4 nitrogen and oxygen atoms in total. The first-order valence-corrected chi connectivity index (χ1v) is 10.8. The Morgan fingerprint density at radius 1 is 1.21 bits per heavy atom. The van der Waals surface area contributed by atoms with Crippen molar-refractivity contribution in [1.82, 2.24) is 5.32 Å². The zero-order valence-electron chi connectivity index (χ0n) is 17.1. The number of hydrogen-bond acceptors (Lipinski definition) is 3. The highest BCUT2D eigenvalue weighted by Gasteiger charge is 2.67. The Hall–Kier alpha value is -1.55. The summed E-state index contributed by atoms with van der Waals surface area (Å²) >= 11 is 6.50. The molecule has 4 aliphatic rings. The summed E-state index contributed by atoms with van der Waals surface area (Å²) in [4.78, 5) is 25.1. The van der Waals surface area contributed by atoms with Gasteiger partial charge in [0.15, 0.2) is 0 Å². The van der Waals surface area contributed by atoms with Gasteiger partial charge in [0.2, 0.25) is 0 Å². The maximum Gasteiger partial charge on any atom is 0.253 e. The van der Waals surface area contributed by atoms with Gasteiger partial charge < -0.3 is 10.1 Å². The average molecular weight is 402 g/mol. The summed E-state index contributed by atoms with van der Waals surface area (Å²) in [5.74, 6) is 1.76. The number of amides is 1. The lowest BCUT2D eigenvalue weighted by Gasteiger charge is -2.65. The van der Waals surface area contributed by atoms with Crippen LogP contribution in [0.1, 0.15) is 74.9 Å². The smallest absolute Gasteiger partial charge is 0.253 e. The van der Waals surface area contributed by atoms with Crippen LogP contribution in [0.5, 0.6) is 5.75 Å². The standard InChI is InChI=1S/C23H28ClNO3/c1-12-5-6-16-21(2,3)17(26)7-8-23(16)22(12,4)10-13-9-15(24)18-14(19(13)28-23)11-25-20(18)27/h9,12,16H,5-8,10-11H2,1-4H3,(H,25,27)/t12-,16-,22+,23-/m0/s1. The number of benzene rings is 1. The maximum absolute atomic E-state index is 12.8. The van der Waals surface area contributed by atoms with E-state index in [-0.39, 0.29) is 28.3 Å². The number of fused-ring (bicyclic) bond motifs is 3. The third-order valence-corrected chi connectivity index (χ3v) is 9.02. The normalized spacial score (nSPS) is 37.9. The fraction of sp³-hybridized carbons (Fsp3) is 0.652. The van der Waals surface area contributed by atoms with E-state index in [4.69, 9.17) is 16.3 Å². The molecule has 1 spiro atoms. The van der Waals surface area contributed by atoms with Gasteiger partial charge in [0, 0.05) is 35.3 Å². The van der Waals surface area contributed by atoms with Gasteiger partial charge >= 0.3 is 0 Å². The number of hydrogen-bond donors (Lipinski definition) is 1. The third-order valence-electron chi connectivity index (χ3n) is 8.72. The monoisotopic (exact) mass is 401 g/mol. The van der Waals surface area contributed by atoms with Gasteiger partial charge in [0.25, 0.3) is 5.91 Å². The zero-order valence-corrected chi connectivity index (χ0v) is 17.8. The van der Waals surface area contributed by atoms with Crippen LogP contribution in [0.4, 0.5) is 0 Å².